The third kappa shape index (κ3) is 3.80. The van der Waals surface area contributed by atoms with Gasteiger partial charge in [0.25, 0.3) is 0 Å². The van der Waals surface area contributed by atoms with Crippen molar-refractivity contribution in [2.45, 2.75) is 38.6 Å². The van der Waals surface area contributed by atoms with Gasteiger partial charge in [-0.2, -0.15) is 13.2 Å². The summed E-state index contributed by atoms with van der Waals surface area (Å²) >= 11 is 0. The molecule has 1 aromatic rings. The fourth-order valence-corrected chi connectivity index (χ4v) is 1.96. The zero-order chi connectivity index (χ0) is 15.8. The van der Waals surface area contributed by atoms with Gasteiger partial charge < -0.3 is 14.8 Å². The summed E-state index contributed by atoms with van der Waals surface area (Å²) in [6.45, 7) is 5.25. The van der Waals surface area contributed by atoms with E-state index in [1.807, 2.05) is 0 Å². The Morgan fingerprint density at radius 3 is 2.57 bits per heavy atom. The van der Waals surface area contributed by atoms with Crippen LogP contribution < -0.4 is 10.1 Å². The van der Waals surface area contributed by atoms with Crippen molar-refractivity contribution in [1.82, 2.24) is 5.32 Å². The van der Waals surface area contributed by atoms with E-state index in [0.717, 1.165) is 12.1 Å². The van der Waals surface area contributed by atoms with Crippen molar-refractivity contribution in [2.75, 3.05) is 6.61 Å². The third-order valence-electron chi connectivity index (χ3n) is 2.81. The van der Waals surface area contributed by atoms with Crippen LogP contribution in [0.3, 0.4) is 0 Å². The first-order chi connectivity index (χ1) is 9.56. The van der Waals surface area contributed by atoms with Gasteiger partial charge >= 0.3 is 12.3 Å². The zero-order valence-corrected chi connectivity index (χ0v) is 11.9. The van der Waals surface area contributed by atoms with Crippen molar-refractivity contribution in [1.29, 1.82) is 0 Å². The molecule has 1 aliphatic heterocycles. The first-order valence-corrected chi connectivity index (χ1v) is 6.40. The Morgan fingerprint density at radius 2 is 2.00 bits per heavy atom. The van der Waals surface area contributed by atoms with Gasteiger partial charge in [-0.1, -0.05) is 6.07 Å². The summed E-state index contributed by atoms with van der Waals surface area (Å²) in [4.78, 5) is 11.7. The second kappa shape index (κ2) is 5.13. The van der Waals surface area contributed by atoms with Crippen LogP contribution >= 0.6 is 0 Å². The monoisotopic (exact) mass is 303 g/mol. The van der Waals surface area contributed by atoms with Crippen molar-refractivity contribution in [3.05, 3.63) is 29.3 Å². The number of ether oxygens (including phenoxy) is 2. The van der Waals surface area contributed by atoms with E-state index in [9.17, 15) is 18.0 Å². The van der Waals surface area contributed by atoms with E-state index in [1.54, 1.807) is 20.8 Å². The molecule has 0 fully saturated rings. The molecule has 7 heteroatoms. The van der Waals surface area contributed by atoms with E-state index in [1.165, 1.54) is 6.07 Å². The molecule has 116 valence electrons. The third-order valence-corrected chi connectivity index (χ3v) is 2.81. The molecule has 0 spiro atoms. The minimum absolute atomic E-state index is 0.0793. The minimum Gasteiger partial charge on any atom is -0.491 e. The van der Waals surface area contributed by atoms with Gasteiger partial charge in [0.1, 0.15) is 18.0 Å². The zero-order valence-electron chi connectivity index (χ0n) is 11.9. The lowest BCUT2D eigenvalue weighted by Crippen LogP contribution is -2.35. The minimum atomic E-state index is -4.42. The molecule has 0 saturated carbocycles. The Hall–Kier alpha value is -1.92. The van der Waals surface area contributed by atoms with Gasteiger partial charge in [0.2, 0.25) is 0 Å². The summed E-state index contributed by atoms with van der Waals surface area (Å²) in [5, 5.41) is 2.58. The lowest BCUT2D eigenvalue weighted by atomic mass is 10.1. The molecule has 0 aliphatic carbocycles. The van der Waals surface area contributed by atoms with Crippen LogP contribution in [0.4, 0.5) is 18.0 Å². The molecule has 1 N–H and O–H groups in total. The predicted molar refractivity (Wildman–Crippen MR) is 69.0 cm³/mol. The molecule has 21 heavy (non-hydrogen) atoms. The smallest absolute Gasteiger partial charge is 0.416 e. The average Bonchev–Trinajstić information content (AvgIpc) is 2.68. The van der Waals surface area contributed by atoms with Crippen LogP contribution in [0.2, 0.25) is 0 Å². The van der Waals surface area contributed by atoms with Crippen LogP contribution in [0.1, 0.15) is 37.9 Å². The Morgan fingerprint density at radius 1 is 1.33 bits per heavy atom. The summed E-state index contributed by atoms with van der Waals surface area (Å²) in [5.41, 5.74) is -0.917. The van der Waals surface area contributed by atoms with Crippen LogP contribution in [0.25, 0.3) is 0 Å². The normalized spacial score (nSPS) is 17.9. The second-order valence-electron chi connectivity index (χ2n) is 5.76. The highest BCUT2D eigenvalue weighted by Gasteiger charge is 2.34. The first kappa shape index (κ1) is 15.5. The molecular weight excluding hydrogens is 287 g/mol. The number of hydrogen-bond donors (Lipinski definition) is 1. The van der Waals surface area contributed by atoms with E-state index < -0.39 is 29.5 Å². The van der Waals surface area contributed by atoms with Crippen molar-refractivity contribution in [2.24, 2.45) is 0 Å². The first-order valence-electron chi connectivity index (χ1n) is 6.40. The molecule has 1 amide bonds. The fraction of sp³-hybridized carbons (Fsp3) is 0.500. The van der Waals surface area contributed by atoms with Crippen molar-refractivity contribution < 1.29 is 27.4 Å². The highest BCUT2D eigenvalue weighted by Crippen LogP contribution is 2.38. The van der Waals surface area contributed by atoms with E-state index in [4.69, 9.17) is 9.47 Å². The number of benzene rings is 1. The Bertz CT molecular complexity index is 549. The average molecular weight is 303 g/mol. The lowest BCUT2D eigenvalue weighted by molar-refractivity contribution is -0.137. The quantitative estimate of drug-likeness (QED) is 0.861. The van der Waals surface area contributed by atoms with Crippen molar-refractivity contribution in [3.63, 3.8) is 0 Å². The molecule has 1 aliphatic rings. The van der Waals surface area contributed by atoms with E-state index in [0.29, 0.717) is 5.56 Å². The van der Waals surface area contributed by atoms with Crippen molar-refractivity contribution in [3.8, 4) is 5.75 Å². The molecule has 0 bridgehead atoms. The van der Waals surface area contributed by atoms with Gasteiger partial charge in [-0.15, -0.1) is 0 Å². The van der Waals surface area contributed by atoms with Gasteiger partial charge in [0.05, 0.1) is 11.6 Å². The number of alkyl carbamates (subject to hydrolysis) is 1. The molecule has 0 saturated heterocycles. The maximum atomic E-state index is 12.6. The standard InChI is InChI=1S/C14H16F3NO3/c1-13(2,3)21-12(19)18-10-7-20-11-6-8(14(15,16)17)4-5-9(10)11/h4-6,10H,7H2,1-3H3,(H,18,19)/t10-/m1/s1. The number of halogens is 3. The summed E-state index contributed by atoms with van der Waals surface area (Å²) < 4.78 is 48.1. The maximum absolute atomic E-state index is 12.6. The van der Waals surface area contributed by atoms with Gasteiger partial charge in [-0.05, 0) is 32.9 Å². The number of hydrogen-bond acceptors (Lipinski definition) is 3. The lowest BCUT2D eigenvalue weighted by Gasteiger charge is -2.21. The van der Waals surface area contributed by atoms with Crippen LogP contribution in [-0.2, 0) is 10.9 Å². The molecule has 2 rings (SSSR count). The Balaban J connectivity index is 2.11. The van der Waals surface area contributed by atoms with Crippen LogP contribution in [0.15, 0.2) is 18.2 Å². The van der Waals surface area contributed by atoms with Gasteiger partial charge in [0, 0.05) is 5.56 Å². The summed E-state index contributed by atoms with van der Waals surface area (Å²) in [6.07, 6.45) is -5.06. The van der Waals surface area contributed by atoms with Gasteiger partial charge in [-0.3, -0.25) is 0 Å². The number of alkyl halides is 3. The molecule has 1 atom stereocenters. The van der Waals surface area contributed by atoms with E-state index in [-0.39, 0.29) is 12.4 Å². The molecule has 1 heterocycles. The number of fused-ring (bicyclic) bond motifs is 1. The maximum Gasteiger partial charge on any atom is 0.416 e. The van der Waals surface area contributed by atoms with Crippen molar-refractivity contribution >= 4 is 6.09 Å². The molecule has 0 unspecified atom stereocenters. The number of rotatable bonds is 1. The topological polar surface area (TPSA) is 47.6 Å². The highest BCUT2D eigenvalue weighted by molar-refractivity contribution is 5.69. The van der Waals surface area contributed by atoms with E-state index in [2.05, 4.69) is 5.32 Å². The molecule has 1 aromatic carbocycles. The van der Waals surface area contributed by atoms with Crippen LogP contribution in [0, 0.1) is 0 Å². The number of amides is 1. The van der Waals surface area contributed by atoms with Gasteiger partial charge in [0.15, 0.2) is 0 Å². The molecular formula is C14H16F3NO3. The summed E-state index contributed by atoms with van der Waals surface area (Å²) in [7, 11) is 0. The number of carbonyl (C=O) groups is 1. The summed E-state index contributed by atoms with van der Waals surface area (Å²) in [5.74, 6) is 0.130. The largest absolute Gasteiger partial charge is 0.491 e. The Kier molecular flexibility index (Phi) is 3.78. The van der Waals surface area contributed by atoms with Gasteiger partial charge in [-0.25, -0.2) is 4.79 Å². The summed E-state index contributed by atoms with van der Waals surface area (Å²) in [6, 6.07) is 2.70. The second-order valence-corrected chi connectivity index (χ2v) is 5.76. The Labute approximate surface area is 120 Å². The van der Waals surface area contributed by atoms with Crippen LogP contribution in [0.5, 0.6) is 5.75 Å². The SMILES string of the molecule is CC(C)(C)OC(=O)N[C@@H]1COc2cc(C(F)(F)F)ccc21. The molecule has 0 aromatic heterocycles. The fourth-order valence-electron chi connectivity index (χ4n) is 1.96. The number of nitrogens with one attached hydrogen (secondary N) is 1. The molecule has 4 nitrogen and oxygen atoms in total. The molecule has 0 radical (unpaired) electrons. The highest BCUT2D eigenvalue weighted by atomic mass is 19.4. The van der Waals surface area contributed by atoms with Crippen LogP contribution in [-0.4, -0.2) is 18.3 Å². The number of carbonyl (C=O) groups excluding carboxylic acids is 1. The predicted octanol–water partition coefficient (Wildman–Crippen LogP) is 3.66. The van der Waals surface area contributed by atoms with E-state index >= 15 is 0 Å².